The van der Waals surface area contributed by atoms with Gasteiger partial charge in [0.15, 0.2) is 0 Å². The van der Waals surface area contributed by atoms with Crippen molar-refractivity contribution in [2.24, 2.45) is 0 Å². The number of benzene rings is 1. The van der Waals surface area contributed by atoms with Crippen molar-refractivity contribution in [2.45, 2.75) is 25.8 Å². The second kappa shape index (κ2) is 7.64. The van der Waals surface area contributed by atoms with Gasteiger partial charge in [0.2, 0.25) is 0 Å². The van der Waals surface area contributed by atoms with Crippen molar-refractivity contribution >= 4 is 11.6 Å². The first-order chi connectivity index (χ1) is 8.17. The van der Waals surface area contributed by atoms with E-state index in [2.05, 4.69) is 12.2 Å². The zero-order valence-electron chi connectivity index (χ0n) is 10.3. The van der Waals surface area contributed by atoms with Crippen LogP contribution in [0.5, 0.6) is 0 Å². The highest BCUT2D eigenvalue weighted by molar-refractivity contribution is 6.31. The van der Waals surface area contributed by atoms with Crippen LogP contribution in [-0.4, -0.2) is 26.3 Å². The molecule has 0 heterocycles. The van der Waals surface area contributed by atoms with Crippen molar-refractivity contribution in [3.63, 3.8) is 0 Å². The third-order valence-electron chi connectivity index (χ3n) is 2.52. The van der Waals surface area contributed by atoms with Crippen LogP contribution in [0, 0.1) is 5.82 Å². The number of halogens is 2. The van der Waals surface area contributed by atoms with Crippen molar-refractivity contribution in [3.05, 3.63) is 34.6 Å². The Kier molecular flexibility index (Phi) is 6.48. The number of ether oxygens (including phenoxy) is 1. The van der Waals surface area contributed by atoms with Gasteiger partial charge < -0.3 is 10.1 Å². The maximum atomic E-state index is 13.1. The maximum absolute atomic E-state index is 13.1. The zero-order chi connectivity index (χ0) is 12.7. The Morgan fingerprint density at radius 2 is 2.24 bits per heavy atom. The molecule has 2 nitrogen and oxygen atoms in total. The minimum absolute atomic E-state index is 0.166. The Morgan fingerprint density at radius 1 is 1.47 bits per heavy atom. The van der Waals surface area contributed by atoms with Gasteiger partial charge in [-0.15, -0.1) is 0 Å². The Balaban J connectivity index is 2.67. The summed E-state index contributed by atoms with van der Waals surface area (Å²) in [6.07, 6.45) is 1.72. The van der Waals surface area contributed by atoms with Gasteiger partial charge in [-0.2, -0.15) is 0 Å². The summed E-state index contributed by atoms with van der Waals surface area (Å²) >= 11 is 6.04. The quantitative estimate of drug-likeness (QED) is 0.813. The van der Waals surface area contributed by atoms with Crippen molar-refractivity contribution in [1.82, 2.24) is 5.32 Å². The topological polar surface area (TPSA) is 21.3 Å². The highest BCUT2D eigenvalue weighted by Crippen LogP contribution is 2.18. The van der Waals surface area contributed by atoms with Crippen LogP contribution in [0.15, 0.2) is 18.2 Å². The normalized spacial score (nSPS) is 12.7. The first kappa shape index (κ1) is 14.4. The number of methoxy groups -OCH3 is 1. The molecule has 1 aromatic rings. The van der Waals surface area contributed by atoms with Crippen LogP contribution in [0.4, 0.5) is 4.39 Å². The molecular formula is C13H19ClFNO. The summed E-state index contributed by atoms with van der Waals surface area (Å²) in [6, 6.07) is 4.62. The summed E-state index contributed by atoms with van der Waals surface area (Å²) in [5, 5.41) is 3.96. The van der Waals surface area contributed by atoms with Crippen LogP contribution < -0.4 is 5.32 Å². The van der Waals surface area contributed by atoms with E-state index in [0.29, 0.717) is 18.1 Å². The number of hydrogen-bond acceptors (Lipinski definition) is 2. The maximum Gasteiger partial charge on any atom is 0.123 e. The van der Waals surface area contributed by atoms with Crippen LogP contribution in [-0.2, 0) is 11.2 Å². The third kappa shape index (κ3) is 5.02. The van der Waals surface area contributed by atoms with E-state index in [0.717, 1.165) is 18.5 Å². The molecule has 1 rings (SSSR count). The van der Waals surface area contributed by atoms with Gasteiger partial charge in [-0.25, -0.2) is 4.39 Å². The molecule has 1 unspecified atom stereocenters. The molecule has 0 saturated heterocycles. The van der Waals surface area contributed by atoms with Gasteiger partial charge in [0.1, 0.15) is 5.82 Å². The number of nitrogens with one attached hydrogen (secondary N) is 1. The summed E-state index contributed by atoms with van der Waals surface area (Å²) in [4.78, 5) is 0. The third-order valence-corrected chi connectivity index (χ3v) is 2.89. The van der Waals surface area contributed by atoms with Crippen LogP contribution in [0.25, 0.3) is 0 Å². The molecule has 0 radical (unpaired) electrons. The molecule has 1 aromatic carbocycles. The lowest BCUT2D eigenvalue weighted by Gasteiger charge is -2.18. The SMILES string of the molecule is CCCNC(COC)Cc1cc(F)ccc1Cl. The van der Waals surface area contributed by atoms with Crippen molar-refractivity contribution in [3.8, 4) is 0 Å². The van der Waals surface area contributed by atoms with E-state index >= 15 is 0 Å². The summed E-state index contributed by atoms with van der Waals surface area (Å²) < 4.78 is 18.3. The molecule has 1 atom stereocenters. The smallest absolute Gasteiger partial charge is 0.123 e. The molecule has 0 aromatic heterocycles. The van der Waals surface area contributed by atoms with E-state index in [1.165, 1.54) is 12.1 Å². The molecule has 96 valence electrons. The molecule has 0 saturated carbocycles. The molecule has 0 aliphatic rings. The predicted octanol–water partition coefficient (Wildman–Crippen LogP) is 3.04. The van der Waals surface area contributed by atoms with E-state index in [-0.39, 0.29) is 11.9 Å². The fourth-order valence-electron chi connectivity index (χ4n) is 1.70. The molecule has 0 bridgehead atoms. The molecule has 4 heteroatoms. The molecule has 1 N–H and O–H groups in total. The van der Waals surface area contributed by atoms with Gasteiger partial charge in [0.25, 0.3) is 0 Å². The van der Waals surface area contributed by atoms with Crippen LogP contribution in [0.3, 0.4) is 0 Å². The van der Waals surface area contributed by atoms with Crippen LogP contribution in [0.1, 0.15) is 18.9 Å². The van der Waals surface area contributed by atoms with Crippen molar-refractivity contribution in [2.75, 3.05) is 20.3 Å². The fourth-order valence-corrected chi connectivity index (χ4v) is 1.90. The minimum atomic E-state index is -0.254. The zero-order valence-corrected chi connectivity index (χ0v) is 11.1. The second-order valence-electron chi connectivity index (χ2n) is 4.05. The largest absolute Gasteiger partial charge is 0.383 e. The van der Waals surface area contributed by atoms with Crippen molar-refractivity contribution < 1.29 is 9.13 Å². The summed E-state index contributed by atoms with van der Waals surface area (Å²) in [6.45, 7) is 3.61. The summed E-state index contributed by atoms with van der Waals surface area (Å²) in [5.41, 5.74) is 0.817. The summed E-state index contributed by atoms with van der Waals surface area (Å²) in [7, 11) is 1.66. The van der Waals surface area contributed by atoms with Gasteiger partial charge in [0.05, 0.1) is 6.61 Å². The number of hydrogen-bond donors (Lipinski definition) is 1. The Labute approximate surface area is 107 Å². The van der Waals surface area contributed by atoms with E-state index in [1.54, 1.807) is 13.2 Å². The lowest BCUT2D eigenvalue weighted by molar-refractivity contribution is 0.166. The lowest BCUT2D eigenvalue weighted by atomic mass is 10.1. The molecule has 17 heavy (non-hydrogen) atoms. The fraction of sp³-hybridized carbons (Fsp3) is 0.538. The Bertz CT molecular complexity index is 346. The van der Waals surface area contributed by atoms with E-state index in [4.69, 9.17) is 16.3 Å². The average Bonchev–Trinajstić information content (AvgIpc) is 2.31. The average molecular weight is 260 g/mol. The van der Waals surface area contributed by atoms with Crippen molar-refractivity contribution in [1.29, 1.82) is 0 Å². The highest BCUT2D eigenvalue weighted by Gasteiger charge is 2.11. The minimum Gasteiger partial charge on any atom is -0.383 e. The molecule has 0 amide bonds. The van der Waals surface area contributed by atoms with E-state index in [1.807, 2.05) is 0 Å². The standard InChI is InChI=1S/C13H19ClFNO/c1-3-6-16-12(9-17-2)8-10-7-11(15)4-5-13(10)14/h4-5,7,12,16H,3,6,8-9H2,1-2H3. The monoisotopic (exact) mass is 259 g/mol. The van der Waals surface area contributed by atoms with E-state index < -0.39 is 0 Å². The van der Waals surface area contributed by atoms with E-state index in [9.17, 15) is 4.39 Å². The molecule has 0 fully saturated rings. The van der Waals surface area contributed by atoms with Crippen LogP contribution in [0.2, 0.25) is 5.02 Å². The first-order valence-corrected chi connectivity index (χ1v) is 6.21. The highest BCUT2D eigenvalue weighted by atomic mass is 35.5. The van der Waals surface area contributed by atoms with Gasteiger partial charge >= 0.3 is 0 Å². The molecular weight excluding hydrogens is 241 g/mol. The van der Waals surface area contributed by atoms with Gasteiger partial charge in [-0.3, -0.25) is 0 Å². The molecule has 0 aliphatic carbocycles. The molecule has 0 spiro atoms. The van der Waals surface area contributed by atoms with Crippen LogP contribution >= 0.6 is 11.6 Å². The predicted molar refractivity (Wildman–Crippen MR) is 69.1 cm³/mol. The Morgan fingerprint density at radius 3 is 2.88 bits per heavy atom. The van der Waals surface area contributed by atoms with Gasteiger partial charge in [-0.1, -0.05) is 18.5 Å². The summed E-state index contributed by atoms with van der Waals surface area (Å²) in [5.74, 6) is -0.254. The van der Waals surface area contributed by atoms with Gasteiger partial charge in [0, 0.05) is 18.2 Å². The lowest BCUT2D eigenvalue weighted by Crippen LogP contribution is -2.35. The molecule has 0 aliphatic heterocycles. The van der Waals surface area contributed by atoms with Gasteiger partial charge in [-0.05, 0) is 43.1 Å². The second-order valence-corrected chi connectivity index (χ2v) is 4.45. The Hall–Kier alpha value is -0.640. The number of rotatable bonds is 7. The first-order valence-electron chi connectivity index (χ1n) is 5.83.